The minimum Gasteiger partial charge on any atom is -0.378 e. The fraction of sp³-hybridized carbons (Fsp3) is 0.562. The van der Waals surface area contributed by atoms with Crippen molar-refractivity contribution in [2.45, 2.75) is 44.2 Å². The topological polar surface area (TPSA) is 64.4 Å². The maximum Gasteiger partial charge on any atom is 0.237 e. The van der Waals surface area contributed by atoms with Crippen LogP contribution in [0.25, 0.3) is 0 Å². The Morgan fingerprint density at radius 2 is 2.10 bits per heavy atom. The second-order valence-corrected chi connectivity index (χ2v) is 5.36. The van der Waals surface area contributed by atoms with Gasteiger partial charge in [0.05, 0.1) is 12.1 Å². The molecule has 4 nitrogen and oxygen atoms in total. The Morgan fingerprint density at radius 3 is 2.76 bits per heavy atom. The smallest absolute Gasteiger partial charge is 0.237 e. The molecule has 1 aliphatic heterocycles. The van der Waals surface area contributed by atoms with E-state index in [1.807, 2.05) is 30.3 Å². The van der Waals surface area contributed by atoms with E-state index < -0.39 is 6.04 Å². The van der Waals surface area contributed by atoms with Crippen LogP contribution in [0.4, 0.5) is 0 Å². The Bertz CT molecular complexity index is 408. The molecule has 1 fully saturated rings. The normalized spacial score (nSPS) is 19.4. The van der Waals surface area contributed by atoms with Crippen molar-refractivity contribution in [3.8, 4) is 0 Å². The number of benzene rings is 1. The van der Waals surface area contributed by atoms with Crippen LogP contribution in [0.1, 0.15) is 31.2 Å². The predicted octanol–water partition coefficient (Wildman–Crippen LogP) is 2.05. The zero-order valence-corrected chi connectivity index (χ0v) is 13.1. The van der Waals surface area contributed by atoms with E-state index in [0.29, 0.717) is 19.1 Å². The number of nitrogens with two attached hydrogens (primary N) is 1. The van der Waals surface area contributed by atoms with Crippen molar-refractivity contribution >= 4 is 18.3 Å². The van der Waals surface area contributed by atoms with Crippen LogP contribution in [0.2, 0.25) is 0 Å². The minimum atomic E-state index is -0.482. The third-order valence-electron chi connectivity index (χ3n) is 3.67. The van der Waals surface area contributed by atoms with Gasteiger partial charge in [-0.05, 0) is 37.7 Å². The molecule has 1 aromatic carbocycles. The first kappa shape index (κ1) is 18.0. The molecule has 2 rings (SSSR count). The number of hydrogen-bond acceptors (Lipinski definition) is 3. The minimum absolute atomic E-state index is 0. The van der Waals surface area contributed by atoms with E-state index in [9.17, 15) is 4.79 Å². The maximum atomic E-state index is 11.9. The van der Waals surface area contributed by atoms with Crippen molar-refractivity contribution < 1.29 is 9.53 Å². The number of amides is 1. The van der Waals surface area contributed by atoms with Gasteiger partial charge in [-0.25, -0.2) is 0 Å². The van der Waals surface area contributed by atoms with Crippen LogP contribution < -0.4 is 11.1 Å². The second kappa shape index (κ2) is 9.77. The number of nitrogens with one attached hydrogen (secondary N) is 1. The fourth-order valence-electron chi connectivity index (χ4n) is 2.48. The molecule has 118 valence electrons. The number of halogens is 1. The molecule has 2 unspecified atom stereocenters. The highest BCUT2D eigenvalue weighted by Gasteiger charge is 2.16. The summed E-state index contributed by atoms with van der Waals surface area (Å²) in [6, 6.07) is 9.37. The zero-order chi connectivity index (χ0) is 14.2. The summed E-state index contributed by atoms with van der Waals surface area (Å²) in [5.74, 6) is -0.0790. The molecule has 1 amide bonds. The van der Waals surface area contributed by atoms with Crippen LogP contribution >= 0.6 is 12.4 Å². The van der Waals surface area contributed by atoms with Gasteiger partial charge in [-0.1, -0.05) is 30.3 Å². The number of carbonyl (C=O) groups is 1. The van der Waals surface area contributed by atoms with E-state index in [4.69, 9.17) is 10.5 Å². The lowest BCUT2D eigenvalue weighted by Crippen LogP contribution is -2.43. The van der Waals surface area contributed by atoms with Crippen molar-refractivity contribution in [3.63, 3.8) is 0 Å². The summed E-state index contributed by atoms with van der Waals surface area (Å²) in [6.45, 7) is 1.50. The average molecular weight is 313 g/mol. The van der Waals surface area contributed by atoms with Crippen molar-refractivity contribution in [1.82, 2.24) is 5.32 Å². The van der Waals surface area contributed by atoms with Gasteiger partial charge >= 0.3 is 0 Å². The predicted molar refractivity (Wildman–Crippen MR) is 86.6 cm³/mol. The molecule has 1 aliphatic rings. The molecule has 21 heavy (non-hydrogen) atoms. The SMILES string of the molecule is Cl.NC(Cc1ccccc1)C(=O)NCCC1CCCCO1. The highest BCUT2D eigenvalue weighted by molar-refractivity contribution is 5.85. The zero-order valence-electron chi connectivity index (χ0n) is 12.3. The summed E-state index contributed by atoms with van der Waals surface area (Å²) < 4.78 is 5.63. The van der Waals surface area contributed by atoms with Crippen molar-refractivity contribution in [2.24, 2.45) is 5.73 Å². The van der Waals surface area contributed by atoms with Crippen LogP contribution in [0.5, 0.6) is 0 Å². The largest absolute Gasteiger partial charge is 0.378 e. The van der Waals surface area contributed by atoms with E-state index in [2.05, 4.69) is 5.32 Å². The molecule has 1 aromatic rings. The number of hydrogen-bond donors (Lipinski definition) is 2. The van der Waals surface area contributed by atoms with Gasteiger partial charge in [0, 0.05) is 13.2 Å². The van der Waals surface area contributed by atoms with Gasteiger partial charge in [0.2, 0.25) is 5.91 Å². The number of rotatable bonds is 6. The highest BCUT2D eigenvalue weighted by atomic mass is 35.5. The van der Waals surface area contributed by atoms with Crippen LogP contribution in [0, 0.1) is 0 Å². The standard InChI is InChI=1S/C16H24N2O2.ClH/c17-15(12-13-6-2-1-3-7-13)16(19)18-10-9-14-8-4-5-11-20-14;/h1-3,6-7,14-15H,4-5,8-12,17H2,(H,18,19);1H. The third kappa shape index (κ3) is 6.46. The van der Waals surface area contributed by atoms with Crippen molar-refractivity contribution in [3.05, 3.63) is 35.9 Å². The average Bonchev–Trinajstić information content (AvgIpc) is 2.49. The van der Waals surface area contributed by atoms with Crippen LogP contribution in [0.3, 0.4) is 0 Å². The lowest BCUT2D eigenvalue weighted by Gasteiger charge is -2.22. The first-order valence-corrected chi connectivity index (χ1v) is 7.44. The Labute approximate surface area is 132 Å². The molecule has 0 aliphatic carbocycles. The Morgan fingerprint density at radius 1 is 1.33 bits per heavy atom. The molecule has 3 N–H and O–H groups in total. The lowest BCUT2D eigenvalue weighted by atomic mass is 10.1. The summed E-state index contributed by atoms with van der Waals surface area (Å²) in [6.07, 6.45) is 5.24. The first-order valence-electron chi connectivity index (χ1n) is 7.44. The van der Waals surface area contributed by atoms with Gasteiger partial charge in [0.1, 0.15) is 0 Å². The van der Waals surface area contributed by atoms with Gasteiger partial charge in [0.25, 0.3) is 0 Å². The Kier molecular flexibility index (Phi) is 8.35. The third-order valence-corrected chi connectivity index (χ3v) is 3.67. The highest BCUT2D eigenvalue weighted by Crippen LogP contribution is 2.14. The van der Waals surface area contributed by atoms with E-state index in [1.165, 1.54) is 6.42 Å². The van der Waals surface area contributed by atoms with Crippen LogP contribution in [-0.4, -0.2) is 31.2 Å². The van der Waals surface area contributed by atoms with E-state index in [1.54, 1.807) is 0 Å². The molecule has 1 saturated heterocycles. The van der Waals surface area contributed by atoms with E-state index in [0.717, 1.165) is 31.4 Å². The molecule has 0 saturated carbocycles. The molecule has 5 heteroatoms. The molecule has 0 bridgehead atoms. The number of carbonyl (C=O) groups excluding carboxylic acids is 1. The van der Waals surface area contributed by atoms with Crippen molar-refractivity contribution in [2.75, 3.05) is 13.2 Å². The maximum absolute atomic E-state index is 11.9. The molecule has 0 spiro atoms. The van der Waals surface area contributed by atoms with E-state index in [-0.39, 0.29) is 18.3 Å². The summed E-state index contributed by atoms with van der Waals surface area (Å²) in [4.78, 5) is 11.9. The van der Waals surface area contributed by atoms with Gasteiger partial charge < -0.3 is 15.8 Å². The molecular weight excluding hydrogens is 288 g/mol. The van der Waals surface area contributed by atoms with Gasteiger partial charge in [0.15, 0.2) is 0 Å². The monoisotopic (exact) mass is 312 g/mol. The fourth-order valence-corrected chi connectivity index (χ4v) is 2.48. The van der Waals surface area contributed by atoms with Crippen molar-refractivity contribution in [1.29, 1.82) is 0 Å². The molecule has 1 heterocycles. The second-order valence-electron chi connectivity index (χ2n) is 5.36. The lowest BCUT2D eigenvalue weighted by molar-refractivity contribution is -0.122. The van der Waals surface area contributed by atoms with Crippen LogP contribution in [-0.2, 0) is 16.0 Å². The van der Waals surface area contributed by atoms with Gasteiger partial charge in [-0.3, -0.25) is 4.79 Å². The Balaban J connectivity index is 0.00000220. The molecule has 0 radical (unpaired) electrons. The van der Waals surface area contributed by atoms with Gasteiger partial charge in [-0.2, -0.15) is 0 Å². The molecule has 0 aromatic heterocycles. The number of ether oxygens (including phenoxy) is 1. The van der Waals surface area contributed by atoms with E-state index >= 15 is 0 Å². The Hall–Kier alpha value is -1.10. The summed E-state index contributed by atoms with van der Waals surface area (Å²) in [7, 11) is 0. The first-order chi connectivity index (χ1) is 9.75. The van der Waals surface area contributed by atoms with Crippen LogP contribution in [0.15, 0.2) is 30.3 Å². The molecular formula is C16H25ClN2O2. The summed E-state index contributed by atoms with van der Waals surface area (Å²) in [5, 5.41) is 2.91. The molecule has 2 atom stereocenters. The van der Waals surface area contributed by atoms with Gasteiger partial charge in [-0.15, -0.1) is 12.4 Å². The summed E-state index contributed by atoms with van der Waals surface area (Å²) >= 11 is 0. The summed E-state index contributed by atoms with van der Waals surface area (Å²) in [5.41, 5.74) is 7.01. The quantitative estimate of drug-likeness (QED) is 0.845.